The van der Waals surface area contributed by atoms with Crippen molar-refractivity contribution in [2.24, 2.45) is 0 Å². The average Bonchev–Trinajstić information content (AvgIpc) is 2.44. The van der Waals surface area contributed by atoms with E-state index in [-0.39, 0.29) is 5.82 Å². The molecule has 0 spiro atoms. The van der Waals surface area contributed by atoms with Gasteiger partial charge in [0.05, 0.1) is 0 Å². The maximum atomic E-state index is 13.7. The zero-order valence-electron chi connectivity index (χ0n) is 12.5. The minimum atomic E-state index is -0.210. The Kier molecular flexibility index (Phi) is 4.91. The van der Waals surface area contributed by atoms with Crippen molar-refractivity contribution in [3.63, 3.8) is 0 Å². The lowest BCUT2D eigenvalue weighted by Crippen LogP contribution is -2.31. The van der Waals surface area contributed by atoms with Gasteiger partial charge in [-0.1, -0.05) is 35.9 Å². The van der Waals surface area contributed by atoms with Crippen LogP contribution in [0.1, 0.15) is 16.7 Å². The first-order valence-electron chi connectivity index (χ1n) is 6.80. The molecule has 0 amide bonds. The Hall–Kier alpha value is -1.94. The van der Waals surface area contributed by atoms with Crippen LogP contribution in [-0.4, -0.2) is 17.1 Å². The summed E-state index contributed by atoms with van der Waals surface area (Å²) in [4.78, 5) is 1.83. The van der Waals surface area contributed by atoms with E-state index in [2.05, 4.69) is 18.3 Å². The quantitative estimate of drug-likeness (QED) is 0.852. The van der Waals surface area contributed by atoms with Crippen molar-refractivity contribution >= 4 is 23.0 Å². The molecule has 110 valence electrons. The van der Waals surface area contributed by atoms with Crippen LogP contribution in [0.4, 0.5) is 10.1 Å². The summed E-state index contributed by atoms with van der Waals surface area (Å²) in [5.41, 5.74) is 3.95. The second-order valence-electron chi connectivity index (χ2n) is 5.20. The Bertz CT molecular complexity index is 655. The summed E-state index contributed by atoms with van der Waals surface area (Å²) in [6.45, 7) is 4.53. The highest BCUT2D eigenvalue weighted by molar-refractivity contribution is 7.80. The van der Waals surface area contributed by atoms with Gasteiger partial charge in [0.25, 0.3) is 0 Å². The number of anilines is 1. The Morgan fingerprint density at radius 1 is 1.19 bits per heavy atom. The molecule has 0 atom stereocenters. The van der Waals surface area contributed by atoms with Gasteiger partial charge in [-0.2, -0.15) is 0 Å². The zero-order chi connectivity index (χ0) is 15.4. The topological polar surface area (TPSA) is 15.3 Å². The fourth-order valence-corrected chi connectivity index (χ4v) is 2.29. The number of hydrogen-bond donors (Lipinski definition) is 1. The van der Waals surface area contributed by atoms with E-state index in [1.54, 1.807) is 12.1 Å². The highest BCUT2D eigenvalue weighted by Gasteiger charge is 2.09. The molecule has 0 aliphatic heterocycles. The molecule has 0 saturated heterocycles. The molecular weight excluding hydrogens is 283 g/mol. The molecule has 2 nitrogen and oxygen atoms in total. The molecule has 0 heterocycles. The third kappa shape index (κ3) is 4.02. The van der Waals surface area contributed by atoms with Crippen LogP contribution in [-0.2, 0) is 6.54 Å². The predicted octanol–water partition coefficient (Wildman–Crippen LogP) is 4.27. The average molecular weight is 302 g/mol. The van der Waals surface area contributed by atoms with Gasteiger partial charge in [-0.25, -0.2) is 4.39 Å². The van der Waals surface area contributed by atoms with E-state index in [9.17, 15) is 4.39 Å². The molecule has 2 rings (SSSR count). The van der Waals surface area contributed by atoms with Crippen LogP contribution in [0.25, 0.3) is 0 Å². The second kappa shape index (κ2) is 6.68. The molecular formula is C17H19FN2S. The fourth-order valence-electron chi connectivity index (χ4n) is 2.12. The molecule has 0 bridgehead atoms. The first-order chi connectivity index (χ1) is 9.97. The van der Waals surface area contributed by atoms with E-state index < -0.39 is 0 Å². The SMILES string of the molecule is Cc1ccc(NC(=S)N(C)Cc2ccccc2F)c(C)c1. The Balaban J connectivity index is 2.04. The summed E-state index contributed by atoms with van der Waals surface area (Å²) in [6, 6.07) is 12.9. The Morgan fingerprint density at radius 3 is 2.57 bits per heavy atom. The smallest absolute Gasteiger partial charge is 0.173 e. The molecule has 0 aliphatic rings. The minimum Gasteiger partial charge on any atom is -0.348 e. The number of rotatable bonds is 3. The maximum Gasteiger partial charge on any atom is 0.173 e. The van der Waals surface area contributed by atoms with Crippen LogP contribution in [0, 0.1) is 19.7 Å². The Morgan fingerprint density at radius 2 is 1.90 bits per heavy atom. The summed E-state index contributed by atoms with van der Waals surface area (Å²) in [6.07, 6.45) is 0. The first-order valence-corrected chi connectivity index (χ1v) is 7.21. The van der Waals surface area contributed by atoms with Crippen molar-refractivity contribution < 1.29 is 4.39 Å². The molecule has 0 radical (unpaired) electrons. The molecule has 2 aromatic carbocycles. The number of thiocarbonyl (C=S) groups is 1. The Labute approximate surface area is 130 Å². The van der Waals surface area contributed by atoms with Crippen LogP contribution in [0.5, 0.6) is 0 Å². The van der Waals surface area contributed by atoms with Gasteiger partial charge in [0, 0.05) is 24.8 Å². The molecule has 0 saturated carbocycles. The lowest BCUT2D eigenvalue weighted by atomic mass is 10.1. The van der Waals surface area contributed by atoms with Crippen LogP contribution in [0.2, 0.25) is 0 Å². The third-order valence-corrected chi connectivity index (χ3v) is 3.75. The van der Waals surface area contributed by atoms with E-state index >= 15 is 0 Å². The number of aryl methyl sites for hydroxylation is 2. The van der Waals surface area contributed by atoms with Crippen molar-refractivity contribution in [3.8, 4) is 0 Å². The van der Waals surface area contributed by atoms with Crippen LogP contribution < -0.4 is 5.32 Å². The molecule has 2 aromatic rings. The molecule has 4 heteroatoms. The van der Waals surface area contributed by atoms with Gasteiger partial charge in [-0.15, -0.1) is 0 Å². The summed E-state index contributed by atoms with van der Waals surface area (Å²) < 4.78 is 13.7. The van der Waals surface area contributed by atoms with Gasteiger partial charge < -0.3 is 10.2 Å². The first kappa shape index (κ1) is 15.4. The van der Waals surface area contributed by atoms with Gasteiger partial charge >= 0.3 is 0 Å². The normalized spacial score (nSPS) is 10.3. The summed E-state index contributed by atoms with van der Waals surface area (Å²) in [5, 5.41) is 3.79. The number of nitrogens with one attached hydrogen (secondary N) is 1. The van der Waals surface area contributed by atoms with Crippen molar-refractivity contribution in [3.05, 3.63) is 65.0 Å². The van der Waals surface area contributed by atoms with Crippen molar-refractivity contribution in [2.75, 3.05) is 12.4 Å². The van der Waals surface area contributed by atoms with E-state index in [1.165, 1.54) is 11.6 Å². The highest BCUT2D eigenvalue weighted by Crippen LogP contribution is 2.17. The maximum absolute atomic E-state index is 13.7. The monoisotopic (exact) mass is 302 g/mol. The van der Waals surface area contributed by atoms with Crippen LogP contribution in [0.15, 0.2) is 42.5 Å². The molecule has 1 N–H and O–H groups in total. The van der Waals surface area contributed by atoms with Gasteiger partial charge in [-0.3, -0.25) is 0 Å². The summed E-state index contributed by atoms with van der Waals surface area (Å²) >= 11 is 5.39. The molecule has 0 aromatic heterocycles. The van der Waals surface area contributed by atoms with Crippen molar-refractivity contribution in [2.45, 2.75) is 20.4 Å². The molecule has 21 heavy (non-hydrogen) atoms. The second-order valence-corrected chi connectivity index (χ2v) is 5.58. The van der Waals surface area contributed by atoms with Gasteiger partial charge in [0.1, 0.15) is 5.82 Å². The minimum absolute atomic E-state index is 0.210. The van der Waals surface area contributed by atoms with Crippen molar-refractivity contribution in [1.82, 2.24) is 4.90 Å². The van der Waals surface area contributed by atoms with E-state index in [0.717, 1.165) is 11.3 Å². The number of benzene rings is 2. The summed E-state index contributed by atoms with van der Waals surface area (Å²) in [5.74, 6) is -0.210. The molecule has 0 unspecified atom stereocenters. The van der Waals surface area contributed by atoms with Crippen LogP contribution in [0.3, 0.4) is 0 Å². The van der Waals surface area contributed by atoms with E-state index in [1.807, 2.05) is 37.1 Å². The number of hydrogen-bond acceptors (Lipinski definition) is 1. The predicted molar refractivity (Wildman–Crippen MR) is 90.0 cm³/mol. The lowest BCUT2D eigenvalue weighted by molar-refractivity contribution is 0.486. The fraction of sp³-hybridized carbons (Fsp3) is 0.235. The number of nitrogens with zero attached hydrogens (tertiary/aromatic N) is 1. The third-order valence-electron chi connectivity index (χ3n) is 3.34. The van der Waals surface area contributed by atoms with Crippen molar-refractivity contribution in [1.29, 1.82) is 0 Å². The van der Waals surface area contributed by atoms with E-state index in [4.69, 9.17) is 12.2 Å². The molecule has 0 fully saturated rings. The highest BCUT2D eigenvalue weighted by atomic mass is 32.1. The van der Waals surface area contributed by atoms with Gasteiger partial charge in [0.2, 0.25) is 0 Å². The zero-order valence-corrected chi connectivity index (χ0v) is 13.3. The lowest BCUT2D eigenvalue weighted by Gasteiger charge is -2.22. The standard InChI is InChI=1S/C17H19FN2S/c1-12-8-9-16(13(2)10-12)19-17(21)20(3)11-14-6-4-5-7-15(14)18/h4-10H,11H2,1-3H3,(H,19,21). The van der Waals surface area contributed by atoms with E-state index in [0.29, 0.717) is 17.2 Å². The summed E-state index contributed by atoms with van der Waals surface area (Å²) in [7, 11) is 1.85. The largest absolute Gasteiger partial charge is 0.348 e. The molecule has 0 aliphatic carbocycles. The van der Waals surface area contributed by atoms with Gasteiger partial charge in [-0.05, 0) is 43.8 Å². The van der Waals surface area contributed by atoms with Gasteiger partial charge in [0.15, 0.2) is 5.11 Å². The van der Waals surface area contributed by atoms with Crippen LogP contribution >= 0.6 is 12.2 Å². The number of halogens is 1.